The first-order valence-electron chi connectivity index (χ1n) is 5.37. The number of aryl methyl sites for hydroxylation is 4. The summed E-state index contributed by atoms with van der Waals surface area (Å²) in [7, 11) is 1.86. The van der Waals surface area contributed by atoms with Gasteiger partial charge in [0.2, 0.25) is 0 Å². The minimum atomic E-state index is 0.688. The molecule has 0 fully saturated rings. The molecule has 0 aliphatic carbocycles. The number of hydrogen-bond acceptors (Lipinski definition) is 2. The molecule has 16 heavy (non-hydrogen) atoms. The van der Waals surface area contributed by atoms with Gasteiger partial charge in [-0.3, -0.25) is 4.68 Å². The van der Waals surface area contributed by atoms with Crippen LogP contribution in [0, 0.1) is 20.8 Å². The molecule has 2 aromatic rings. The van der Waals surface area contributed by atoms with Crippen LogP contribution in [0.2, 0.25) is 0 Å². The Labute approximate surface area is 95.9 Å². The Morgan fingerprint density at radius 1 is 1.00 bits per heavy atom. The summed E-state index contributed by atoms with van der Waals surface area (Å²) in [6.07, 6.45) is 0. The van der Waals surface area contributed by atoms with Crippen molar-refractivity contribution in [3.63, 3.8) is 0 Å². The van der Waals surface area contributed by atoms with Crippen LogP contribution in [0.1, 0.15) is 16.7 Å². The van der Waals surface area contributed by atoms with Crippen LogP contribution in [0.4, 0.5) is 5.82 Å². The van der Waals surface area contributed by atoms with E-state index in [9.17, 15) is 0 Å². The van der Waals surface area contributed by atoms with Crippen LogP contribution >= 0.6 is 0 Å². The molecular weight excluding hydrogens is 198 g/mol. The fraction of sp³-hybridized carbons (Fsp3) is 0.308. The highest BCUT2D eigenvalue weighted by Crippen LogP contribution is 2.26. The summed E-state index contributed by atoms with van der Waals surface area (Å²) in [5.41, 5.74) is 11.7. The Balaban J connectivity index is 2.60. The third kappa shape index (κ3) is 1.69. The smallest absolute Gasteiger partial charge is 0.121 e. The minimum Gasteiger partial charge on any atom is -0.384 e. The van der Waals surface area contributed by atoms with Crippen LogP contribution in [0.15, 0.2) is 18.2 Å². The molecule has 84 valence electrons. The highest BCUT2D eigenvalue weighted by atomic mass is 15.3. The first kappa shape index (κ1) is 10.7. The third-order valence-electron chi connectivity index (χ3n) is 3.03. The molecule has 3 heteroatoms. The zero-order valence-electron chi connectivity index (χ0n) is 10.2. The van der Waals surface area contributed by atoms with Crippen molar-refractivity contribution in [2.45, 2.75) is 20.8 Å². The quantitative estimate of drug-likeness (QED) is 0.794. The SMILES string of the molecule is Cc1cc(C)c(-c2cc(N)n(C)n2)cc1C. The summed E-state index contributed by atoms with van der Waals surface area (Å²) in [5, 5.41) is 4.40. The van der Waals surface area contributed by atoms with Crippen LogP contribution in [-0.2, 0) is 7.05 Å². The van der Waals surface area contributed by atoms with Crippen molar-refractivity contribution in [1.29, 1.82) is 0 Å². The number of nitrogens with two attached hydrogens (primary N) is 1. The summed E-state index contributed by atoms with van der Waals surface area (Å²) in [5.74, 6) is 0.688. The predicted octanol–water partition coefficient (Wildman–Crippen LogP) is 2.59. The number of nitrogen functional groups attached to an aromatic ring is 1. The lowest BCUT2D eigenvalue weighted by atomic mass is 9.99. The van der Waals surface area contributed by atoms with Crippen molar-refractivity contribution in [3.05, 3.63) is 34.9 Å². The number of benzene rings is 1. The molecule has 1 heterocycles. The molecule has 0 saturated heterocycles. The van der Waals surface area contributed by atoms with E-state index in [1.807, 2.05) is 13.1 Å². The summed E-state index contributed by atoms with van der Waals surface area (Å²) in [4.78, 5) is 0. The summed E-state index contributed by atoms with van der Waals surface area (Å²) in [6.45, 7) is 6.34. The van der Waals surface area contributed by atoms with Crippen molar-refractivity contribution >= 4 is 5.82 Å². The number of rotatable bonds is 1. The second-order valence-electron chi connectivity index (χ2n) is 4.33. The molecule has 0 amide bonds. The Morgan fingerprint density at radius 2 is 1.62 bits per heavy atom. The van der Waals surface area contributed by atoms with E-state index in [-0.39, 0.29) is 0 Å². The molecule has 0 aliphatic rings. The number of anilines is 1. The standard InChI is InChI=1S/C13H17N3/c1-8-5-10(3)11(6-9(8)2)12-7-13(14)16(4)15-12/h5-7H,14H2,1-4H3. The predicted molar refractivity (Wildman–Crippen MR) is 67.3 cm³/mol. The van der Waals surface area contributed by atoms with Gasteiger partial charge in [-0.25, -0.2) is 0 Å². The van der Waals surface area contributed by atoms with E-state index in [2.05, 4.69) is 38.0 Å². The summed E-state index contributed by atoms with van der Waals surface area (Å²) < 4.78 is 1.70. The zero-order chi connectivity index (χ0) is 11.9. The molecule has 0 saturated carbocycles. The van der Waals surface area contributed by atoms with Crippen molar-refractivity contribution in [3.8, 4) is 11.3 Å². The van der Waals surface area contributed by atoms with E-state index in [0.717, 1.165) is 11.3 Å². The second-order valence-corrected chi connectivity index (χ2v) is 4.33. The maximum atomic E-state index is 5.80. The second kappa shape index (κ2) is 3.67. The molecule has 2 rings (SSSR count). The Morgan fingerprint density at radius 3 is 2.19 bits per heavy atom. The normalized spacial score (nSPS) is 10.8. The van der Waals surface area contributed by atoms with E-state index in [1.165, 1.54) is 16.7 Å². The van der Waals surface area contributed by atoms with Crippen molar-refractivity contribution in [1.82, 2.24) is 9.78 Å². The fourth-order valence-electron chi connectivity index (χ4n) is 1.85. The van der Waals surface area contributed by atoms with E-state index < -0.39 is 0 Å². The molecule has 0 unspecified atom stereocenters. The number of hydrogen-bond donors (Lipinski definition) is 1. The third-order valence-corrected chi connectivity index (χ3v) is 3.03. The van der Waals surface area contributed by atoms with Crippen LogP contribution in [0.3, 0.4) is 0 Å². The molecule has 0 atom stereocenters. The maximum absolute atomic E-state index is 5.80. The molecule has 0 radical (unpaired) electrons. The van der Waals surface area contributed by atoms with Gasteiger partial charge in [0.1, 0.15) is 5.82 Å². The van der Waals surface area contributed by atoms with Gasteiger partial charge in [-0.1, -0.05) is 6.07 Å². The van der Waals surface area contributed by atoms with Gasteiger partial charge in [0.05, 0.1) is 5.69 Å². The average molecular weight is 215 g/mol. The Bertz CT molecular complexity index is 519. The van der Waals surface area contributed by atoms with Gasteiger partial charge in [0.25, 0.3) is 0 Å². The van der Waals surface area contributed by atoms with Gasteiger partial charge in [-0.05, 0) is 43.5 Å². The Hall–Kier alpha value is -1.77. The molecule has 0 bridgehead atoms. The molecule has 2 N–H and O–H groups in total. The fourth-order valence-corrected chi connectivity index (χ4v) is 1.85. The van der Waals surface area contributed by atoms with Gasteiger partial charge < -0.3 is 5.73 Å². The Kier molecular flexibility index (Phi) is 2.46. The van der Waals surface area contributed by atoms with Gasteiger partial charge in [0, 0.05) is 18.7 Å². The summed E-state index contributed by atoms with van der Waals surface area (Å²) >= 11 is 0. The maximum Gasteiger partial charge on any atom is 0.121 e. The monoisotopic (exact) mass is 215 g/mol. The molecule has 1 aromatic heterocycles. The van der Waals surface area contributed by atoms with E-state index in [0.29, 0.717) is 5.82 Å². The summed E-state index contributed by atoms with van der Waals surface area (Å²) in [6, 6.07) is 6.28. The zero-order valence-corrected chi connectivity index (χ0v) is 10.2. The van der Waals surface area contributed by atoms with Crippen LogP contribution < -0.4 is 5.73 Å². The van der Waals surface area contributed by atoms with Crippen molar-refractivity contribution < 1.29 is 0 Å². The number of aromatic nitrogens is 2. The van der Waals surface area contributed by atoms with Gasteiger partial charge in [-0.15, -0.1) is 0 Å². The first-order chi connectivity index (χ1) is 7.49. The van der Waals surface area contributed by atoms with Crippen LogP contribution in [0.5, 0.6) is 0 Å². The van der Waals surface area contributed by atoms with E-state index >= 15 is 0 Å². The molecule has 3 nitrogen and oxygen atoms in total. The molecule has 0 spiro atoms. The van der Waals surface area contributed by atoms with Crippen LogP contribution in [-0.4, -0.2) is 9.78 Å². The van der Waals surface area contributed by atoms with Gasteiger partial charge in [-0.2, -0.15) is 5.10 Å². The lowest BCUT2D eigenvalue weighted by Gasteiger charge is -2.07. The first-order valence-corrected chi connectivity index (χ1v) is 5.37. The van der Waals surface area contributed by atoms with Crippen molar-refractivity contribution in [2.24, 2.45) is 7.05 Å². The van der Waals surface area contributed by atoms with Crippen molar-refractivity contribution in [2.75, 3.05) is 5.73 Å². The average Bonchev–Trinajstić information content (AvgIpc) is 2.53. The van der Waals surface area contributed by atoms with Gasteiger partial charge in [0.15, 0.2) is 0 Å². The molecular formula is C13H17N3. The molecule has 1 aromatic carbocycles. The molecule has 0 aliphatic heterocycles. The number of nitrogens with zero attached hydrogens (tertiary/aromatic N) is 2. The highest BCUT2D eigenvalue weighted by Gasteiger charge is 2.08. The van der Waals surface area contributed by atoms with Crippen LogP contribution in [0.25, 0.3) is 11.3 Å². The van der Waals surface area contributed by atoms with Gasteiger partial charge >= 0.3 is 0 Å². The van der Waals surface area contributed by atoms with E-state index in [1.54, 1.807) is 4.68 Å². The largest absolute Gasteiger partial charge is 0.384 e. The highest BCUT2D eigenvalue weighted by molar-refractivity contribution is 5.67. The minimum absolute atomic E-state index is 0.688. The lowest BCUT2D eigenvalue weighted by molar-refractivity contribution is 0.782. The lowest BCUT2D eigenvalue weighted by Crippen LogP contribution is -1.96. The topological polar surface area (TPSA) is 43.8 Å². The van der Waals surface area contributed by atoms with E-state index in [4.69, 9.17) is 5.73 Å².